The average Bonchev–Trinajstić information content (AvgIpc) is 3.53. The summed E-state index contributed by atoms with van der Waals surface area (Å²) in [5, 5.41) is 16.5. The minimum absolute atomic E-state index is 0.262. The monoisotopic (exact) mass is 453 g/mol. The summed E-state index contributed by atoms with van der Waals surface area (Å²) in [7, 11) is 0. The Hall–Kier alpha value is -3.86. The van der Waals surface area contributed by atoms with E-state index in [1.165, 1.54) is 17.7 Å². The molecule has 0 atom stereocenters. The van der Waals surface area contributed by atoms with Crippen LogP contribution in [0.3, 0.4) is 0 Å². The summed E-state index contributed by atoms with van der Waals surface area (Å²) in [6.45, 7) is 3.33. The minimum Gasteiger partial charge on any atom is -0.492 e. The van der Waals surface area contributed by atoms with Gasteiger partial charge >= 0.3 is 6.08 Å². The van der Waals surface area contributed by atoms with E-state index in [1.54, 1.807) is 0 Å². The molecule has 3 aromatic heterocycles. The maximum Gasteiger partial charge on any atom is 0.415 e. The fraction of sp³-hybridized carbons (Fsp3) is 0.238. The number of fused-ring (bicyclic) bond motifs is 1. The lowest BCUT2D eigenvalue weighted by molar-refractivity contribution is 0.174. The predicted molar refractivity (Wildman–Crippen MR) is 116 cm³/mol. The largest absolute Gasteiger partial charge is 0.492 e. The lowest BCUT2D eigenvalue weighted by Crippen LogP contribution is -2.06. The van der Waals surface area contributed by atoms with E-state index in [0.717, 1.165) is 34.1 Å². The second-order valence-electron chi connectivity index (χ2n) is 6.79. The molecule has 10 nitrogen and oxygen atoms in total. The van der Waals surface area contributed by atoms with Gasteiger partial charge < -0.3 is 24.6 Å². The summed E-state index contributed by atoms with van der Waals surface area (Å²) >= 11 is 1.39. The molecule has 0 aliphatic carbocycles. The number of anilines is 1. The molecule has 32 heavy (non-hydrogen) atoms. The van der Waals surface area contributed by atoms with Crippen LogP contribution in [0, 0.1) is 0 Å². The Morgan fingerprint density at radius 2 is 2.06 bits per heavy atom. The standard InChI is InChI=1S/C21H19N5O5S/c1-2-28-16-9-17(32-19(16)20-25-21(27)31-26-20)13-8-18(24-10-23-13)22-6-5-12-3-4-14-15(7-12)30-11-29-14/h3-4,7-10H,2,5-6,11H2,1H3,(H,22,23,24)(H,25,26,27). The number of nitrogens with zero attached hydrogens (tertiary/aromatic N) is 4. The summed E-state index contributed by atoms with van der Waals surface area (Å²) in [6.07, 6.45) is 1.82. The number of hydrogen-bond acceptors (Lipinski definition) is 11. The van der Waals surface area contributed by atoms with Gasteiger partial charge in [0.15, 0.2) is 11.5 Å². The number of rotatable bonds is 8. The Kier molecular flexibility index (Phi) is 5.46. The van der Waals surface area contributed by atoms with E-state index in [9.17, 15) is 5.11 Å². The van der Waals surface area contributed by atoms with Gasteiger partial charge in [0.05, 0.1) is 17.2 Å². The molecule has 4 heterocycles. The first kappa shape index (κ1) is 20.1. The van der Waals surface area contributed by atoms with Crippen molar-refractivity contribution in [1.29, 1.82) is 0 Å². The Morgan fingerprint density at radius 3 is 2.91 bits per heavy atom. The van der Waals surface area contributed by atoms with Gasteiger partial charge in [0.1, 0.15) is 22.8 Å². The number of aromatic hydroxyl groups is 1. The minimum atomic E-state index is -0.492. The molecule has 4 aromatic rings. The quantitative estimate of drug-likeness (QED) is 0.407. The van der Waals surface area contributed by atoms with Crippen LogP contribution in [0.1, 0.15) is 12.5 Å². The van der Waals surface area contributed by atoms with Crippen molar-refractivity contribution in [3.63, 3.8) is 0 Å². The third-order valence-corrected chi connectivity index (χ3v) is 5.83. The SMILES string of the molecule is CCOc1cc(-c2cc(NCCc3ccc4c(c3)OCO4)ncn2)sc1-c1noc(O)n1. The van der Waals surface area contributed by atoms with E-state index < -0.39 is 6.08 Å². The number of hydrogen-bond donors (Lipinski definition) is 2. The fourth-order valence-electron chi connectivity index (χ4n) is 3.25. The van der Waals surface area contributed by atoms with E-state index in [1.807, 2.05) is 37.3 Å². The number of aromatic nitrogens is 4. The molecule has 0 saturated carbocycles. The van der Waals surface area contributed by atoms with Gasteiger partial charge in [-0.1, -0.05) is 11.2 Å². The van der Waals surface area contributed by atoms with E-state index in [0.29, 0.717) is 29.6 Å². The van der Waals surface area contributed by atoms with Crippen molar-refractivity contribution in [2.45, 2.75) is 13.3 Å². The predicted octanol–water partition coefficient (Wildman–Crippen LogP) is 3.74. The molecule has 0 unspecified atom stereocenters. The molecular weight excluding hydrogens is 434 g/mol. The summed E-state index contributed by atoms with van der Waals surface area (Å²) in [6, 6.07) is 9.69. The van der Waals surface area contributed by atoms with Crippen LogP contribution in [0.5, 0.6) is 23.3 Å². The van der Waals surface area contributed by atoms with Crippen molar-refractivity contribution < 1.29 is 23.8 Å². The molecule has 0 fully saturated rings. The summed E-state index contributed by atoms with van der Waals surface area (Å²) in [5.74, 6) is 3.13. The molecule has 0 bridgehead atoms. The Morgan fingerprint density at radius 1 is 1.16 bits per heavy atom. The molecular formula is C21H19N5O5S. The number of nitrogens with one attached hydrogen (secondary N) is 1. The molecule has 1 aliphatic heterocycles. The molecule has 2 N–H and O–H groups in total. The molecule has 11 heteroatoms. The van der Waals surface area contributed by atoms with Gasteiger partial charge in [0.25, 0.3) is 0 Å². The first-order valence-electron chi connectivity index (χ1n) is 9.94. The van der Waals surface area contributed by atoms with Gasteiger partial charge in [-0.05, 0) is 31.0 Å². The molecule has 1 aromatic carbocycles. The lowest BCUT2D eigenvalue weighted by atomic mass is 10.1. The Bertz CT molecular complexity index is 1240. The Labute approximate surface area is 186 Å². The summed E-state index contributed by atoms with van der Waals surface area (Å²) in [5.41, 5.74) is 1.87. The van der Waals surface area contributed by atoms with Crippen molar-refractivity contribution >= 4 is 17.2 Å². The van der Waals surface area contributed by atoms with E-state index in [4.69, 9.17) is 14.2 Å². The molecule has 0 amide bonds. The third-order valence-electron chi connectivity index (χ3n) is 4.69. The van der Waals surface area contributed by atoms with Gasteiger partial charge in [0, 0.05) is 18.7 Å². The second kappa shape index (κ2) is 8.71. The highest BCUT2D eigenvalue weighted by molar-refractivity contribution is 7.19. The highest BCUT2D eigenvalue weighted by atomic mass is 32.1. The summed E-state index contributed by atoms with van der Waals surface area (Å²) in [4.78, 5) is 14.1. The molecule has 0 spiro atoms. The normalized spacial score (nSPS) is 12.2. The number of thiophene rings is 1. The zero-order chi connectivity index (χ0) is 21.9. The highest BCUT2D eigenvalue weighted by Crippen LogP contribution is 2.42. The molecule has 0 saturated heterocycles. The van der Waals surface area contributed by atoms with Gasteiger partial charge in [-0.15, -0.1) is 11.3 Å². The Balaban J connectivity index is 1.30. The lowest BCUT2D eigenvalue weighted by Gasteiger charge is -2.07. The smallest absolute Gasteiger partial charge is 0.415 e. The van der Waals surface area contributed by atoms with Crippen LogP contribution < -0.4 is 19.5 Å². The second-order valence-corrected chi connectivity index (χ2v) is 7.84. The first-order valence-corrected chi connectivity index (χ1v) is 10.8. The number of benzene rings is 1. The van der Waals surface area contributed by atoms with Crippen LogP contribution in [0.2, 0.25) is 0 Å². The van der Waals surface area contributed by atoms with Crippen LogP contribution in [-0.2, 0) is 6.42 Å². The van der Waals surface area contributed by atoms with Crippen molar-refractivity contribution in [2.75, 3.05) is 25.3 Å². The van der Waals surface area contributed by atoms with Crippen molar-refractivity contribution in [2.24, 2.45) is 0 Å². The van der Waals surface area contributed by atoms with E-state index in [2.05, 4.69) is 29.9 Å². The average molecular weight is 453 g/mol. The van der Waals surface area contributed by atoms with E-state index >= 15 is 0 Å². The molecule has 164 valence electrons. The molecule has 5 rings (SSSR count). The molecule has 0 radical (unpaired) electrons. The molecule has 1 aliphatic rings. The van der Waals surface area contributed by atoms with Crippen LogP contribution in [-0.4, -0.2) is 45.2 Å². The van der Waals surface area contributed by atoms with Crippen LogP contribution in [0.25, 0.3) is 21.3 Å². The zero-order valence-corrected chi connectivity index (χ0v) is 17.9. The topological polar surface area (TPSA) is 125 Å². The van der Waals surface area contributed by atoms with Gasteiger partial charge in [-0.3, -0.25) is 4.52 Å². The highest BCUT2D eigenvalue weighted by Gasteiger charge is 2.19. The van der Waals surface area contributed by atoms with Crippen LogP contribution >= 0.6 is 11.3 Å². The van der Waals surface area contributed by atoms with Gasteiger partial charge in [-0.2, -0.15) is 4.98 Å². The first-order chi connectivity index (χ1) is 15.7. The van der Waals surface area contributed by atoms with E-state index in [-0.39, 0.29) is 12.6 Å². The fourth-order valence-corrected chi connectivity index (χ4v) is 4.24. The van der Waals surface area contributed by atoms with Crippen LogP contribution in [0.15, 0.2) is 41.2 Å². The van der Waals surface area contributed by atoms with Crippen molar-refractivity contribution in [3.8, 4) is 44.6 Å². The number of ether oxygens (including phenoxy) is 3. The van der Waals surface area contributed by atoms with Crippen molar-refractivity contribution in [3.05, 3.63) is 42.2 Å². The maximum atomic E-state index is 9.39. The zero-order valence-electron chi connectivity index (χ0n) is 17.1. The summed E-state index contributed by atoms with van der Waals surface area (Å²) < 4.78 is 21.2. The van der Waals surface area contributed by atoms with Gasteiger partial charge in [0.2, 0.25) is 12.6 Å². The third kappa shape index (κ3) is 4.14. The van der Waals surface area contributed by atoms with Crippen molar-refractivity contribution in [1.82, 2.24) is 20.1 Å². The van der Waals surface area contributed by atoms with Gasteiger partial charge in [-0.25, -0.2) is 9.97 Å². The maximum absolute atomic E-state index is 9.39. The van der Waals surface area contributed by atoms with Crippen LogP contribution in [0.4, 0.5) is 5.82 Å².